The molecule has 2 aromatic rings. The Bertz CT molecular complexity index is 896. The number of hydrogen-bond acceptors (Lipinski definition) is 4. The van der Waals surface area contributed by atoms with Crippen molar-refractivity contribution in [1.82, 2.24) is 14.6 Å². The molecule has 0 radical (unpaired) electrons. The normalized spacial score (nSPS) is 16.4. The lowest BCUT2D eigenvalue weighted by atomic mass is 9.88. The summed E-state index contributed by atoms with van der Waals surface area (Å²) in [5.41, 5.74) is 0.261. The zero-order chi connectivity index (χ0) is 19.5. The van der Waals surface area contributed by atoms with Gasteiger partial charge in [-0.1, -0.05) is 25.0 Å². The molecule has 1 aromatic heterocycles. The standard InChI is InChI=1S/C19H22FN3O3S/c1-23(27(25,26)17-5-4-12-21-13-17)14-18(24)22-19(10-2-3-11-19)15-6-8-16(20)9-7-15/h4-9,12-13H,2-3,10-11,14H2,1H3,(H,22,24). The van der Waals surface area contributed by atoms with E-state index >= 15 is 0 Å². The fourth-order valence-electron chi connectivity index (χ4n) is 3.51. The Morgan fingerprint density at radius 2 is 1.89 bits per heavy atom. The van der Waals surface area contributed by atoms with Gasteiger partial charge in [-0.15, -0.1) is 0 Å². The number of amides is 1. The van der Waals surface area contributed by atoms with Gasteiger partial charge in [0.2, 0.25) is 15.9 Å². The lowest BCUT2D eigenvalue weighted by molar-refractivity contribution is -0.123. The first-order valence-electron chi connectivity index (χ1n) is 8.77. The number of sulfonamides is 1. The third kappa shape index (κ3) is 4.17. The van der Waals surface area contributed by atoms with Gasteiger partial charge in [-0.05, 0) is 42.7 Å². The number of nitrogens with zero attached hydrogens (tertiary/aromatic N) is 2. The Balaban J connectivity index is 1.74. The molecule has 0 aliphatic heterocycles. The van der Waals surface area contributed by atoms with Crippen LogP contribution >= 0.6 is 0 Å². The van der Waals surface area contributed by atoms with Crippen molar-refractivity contribution in [3.05, 3.63) is 60.2 Å². The van der Waals surface area contributed by atoms with Crippen molar-refractivity contribution in [3.8, 4) is 0 Å². The number of halogens is 1. The predicted octanol–water partition coefficient (Wildman–Crippen LogP) is 2.43. The second-order valence-corrected chi connectivity index (χ2v) is 8.84. The van der Waals surface area contributed by atoms with Crippen LogP contribution < -0.4 is 5.32 Å². The highest BCUT2D eigenvalue weighted by Crippen LogP contribution is 2.38. The summed E-state index contributed by atoms with van der Waals surface area (Å²) in [6.07, 6.45) is 6.11. The van der Waals surface area contributed by atoms with Gasteiger partial charge < -0.3 is 5.32 Å². The van der Waals surface area contributed by atoms with Gasteiger partial charge in [-0.2, -0.15) is 4.31 Å². The van der Waals surface area contributed by atoms with Crippen molar-refractivity contribution in [3.63, 3.8) is 0 Å². The molecule has 0 unspecified atom stereocenters. The molecule has 0 atom stereocenters. The number of hydrogen-bond donors (Lipinski definition) is 1. The van der Waals surface area contributed by atoms with E-state index in [-0.39, 0.29) is 17.3 Å². The SMILES string of the molecule is CN(CC(=O)NC1(c2ccc(F)cc2)CCCC1)S(=O)(=O)c1cccnc1. The van der Waals surface area contributed by atoms with Crippen molar-refractivity contribution < 1.29 is 17.6 Å². The summed E-state index contributed by atoms with van der Waals surface area (Å²) in [4.78, 5) is 16.5. The summed E-state index contributed by atoms with van der Waals surface area (Å²) in [7, 11) is -2.44. The van der Waals surface area contributed by atoms with Gasteiger partial charge in [0.25, 0.3) is 0 Å². The van der Waals surface area contributed by atoms with E-state index in [0.717, 1.165) is 35.6 Å². The van der Waals surface area contributed by atoms with Gasteiger partial charge in [-0.3, -0.25) is 9.78 Å². The van der Waals surface area contributed by atoms with Crippen LogP contribution in [0, 0.1) is 5.82 Å². The Morgan fingerprint density at radius 1 is 1.22 bits per heavy atom. The van der Waals surface area contributed by atoms with Crippen LogP contribution in [0.3, 0.4) is 0 Å². The van der Waals surface area contributed by atoms with Gasteiger partial charge in [-0.25, -0.2) is 12.8 Å². The third-order valence-electron chi connectivity index (χ3n) is 4.94. The summed E-state index contributed by atoms with van der Waals surface area (Å²) >= 11 is 0. The second-order valence-electron chi connectivity index (χ2n) is 6.79. The minimum absolute atomic E-state index is 0.0365. The third-order valence-corrected chi connectivity index (χ3v) is 6.73. The minimum atomic E-state index is -3.80. The molecular formula is C19H22FN3O3S. The molecule has 1 fully saturated rings. The lowest BCUT2D eigenvalue weighted by Crippen LogP contribution is -2.48. The van der Waals surface area contributed by atoms with Crippen molar-refractivity contribution in [2.24, 2.45) is 0 Å². The first-order valence-corrected chi connectivity index (χ1v) is 10.2. The summed E-state index contributed by atoms with van der Waals surface area (Å²) in [5.74, 6) is -0.725. The molecular weight excluding hydrogens is 369 g/mol. The van der Waals surface area contributed by atoms with Crippen LogP contribution in [-0.2, 0) is 20.4 Å². The highest BCUT2D eigenvalue weighted by Gasteiger charge is 2.37. The van der Waals surface area contributed by atoms with Crippen LogP contribution in [0.5, 0.6) is 0 Å². The van der Waals surface area contributed by atoms with Crippen LogP contribution in [0.15, 0.2) is 53.7 Å². The van der Waals surface area contributed by atoms with Crippen LogP contribution in [0.2, 0.25) is 0 Å². The minimum Gasteiger partial charge on any atom is -0.345 e. The Kier molecular flexibility index (Phi) is 5.57. The largest absolute Gasteiger partial charge is 0.345 e. The molecule has 1 aliphatic rings. The van der Waals surface area contributed by atoms with E-state index < -0.39 is 21.5 Å². The van der Waals surface area contributed by atoms with E-state index in [1.165, 1.54) is 43.7 Å². The quantitative estimate of drug-likeness (QED) is 0.820. The topological polar surface area (TPSA) is 79.4 Å². The number of nitrogens with one attached hydrogen (secondary N) is 1. The number of rotatable bonds is 6. The highest BCUT2D eigenvalue weighted by atomic mass is 32.2. The fraction of sp³-hybridized carbons (Fsp3) is 0.368. The van der Waals surface area contributed by atoms with Crippen LogP contribution in [0.1, 0.15) is 31.2 Å². The molecule has 1 amide bonds. The number of carbonyl (C=O) groups excluding carboxylic acids is 1. The Morgan fingerprint density at radius 3 is 2.48 bits per heavy atom. The van der Waals surface area contributed by atoms with Gasteiger partial charge in [0.15, 0.2) is 0 Å². The van der Waals surface area contributed by atoms with Crippen molar-refractivity contribution in [1.29, 1.82) is 0 Å². The number of aromatic nitrogens is 1. The number of carbonyl (C=O) groups is 1. The maximum atomic E-state index is 13.3. The van der Waals surface area contributed by atoms with Crippen LogP contribution in [-0.4, -0.2) is 37.2 Å². The monoisotopic (exact) mass is 391 g/mol. The summed E-state index contributed by atoms with van der Waals surface area (Å²) in [6.45, 7) is -0.305. The molecule has 144 valence electrons. The van der Waals surface area contributed by atoms with E-state index in [2.05, 4.69) is 10.3 Å². The molecule has 27 heavy (non-hydrogen) atoms. The lowest BCUT2D eigenvalue weighted by Gasteiger charge is -2.32. The summed E-state index contributed by atoms with van der Waals surface area (Å²) in [6, 6.07) is 9.08. The maximum Gasteiger partial charge on any atom is 0.244 e. The summed E-state index contributed by atoms with van der Waals surface area (Å²) < 4.78 is 39.4. The van der Waals surface area contributed by atoms with Gasteiger partial charge in [0.1, 0.15) is 10.7 Å². The molecule has 1 heterocycles. The fourth-order valence-corrected chi connectivity index (χ4v) is 4.60. The van der Waals surface area contributed by atoms with E-state index in [9.17, 15) is 17.6 Å². The Hall–Kier alpha value is -2.32. The molecule has 0 bridgehead atoms. The zero-order valence-corrected chi connectivity index (χ0v) is 15.9. The summed E-state index contributed by atoms with van der Waals surface area (Å²) in [5, 5.41) is 3.00. The number of pyridine rings is 1. The highest BCUT2D eigenvalue weighted by molar-refractivity contribution is 7.89. The second kappa shape index (κ2) is 7.74. The van der Waals surface area contributed by atoms with E-state index in [1.54, 1.807) is 12.1 Å². The molecule has 3 rings (SSSR count). The van der Waals surface area contributed by atoms with Crippen LogP contribution in [0.25, 0.3) is 0 Å². The zero-order valence-electron chi connectivity index (χ0n) is 15.1. The molecule has 0 spiro atoms. The maximum absolute atomic E-state index is 13.3. The first kappa shape index (κ1) is 19.4. The van der Waals surface area contributed by atoms with Crippen molar-refractivity contribution >= 4 is 15.9 Å². The molecule has 8 heteroatoms. The Labute approximate surface area is 158 Å². The molecule has 1 saturated carbocycles. The first-order chi connectivity index (χ1) is 12.8. The average molecular weight is 391 g/mol. The molecule has 1 aliphatic carbocycles. The number of likely N-dealkylation sites (N-methyl/N-ethyl adjacent to an activating group) is 1. The van der Waals surface area contributed by atoms with Gasteiger partial charge >= 0.3 is 0 Å². The van der Waals surface area contributed by atoms with E-state index in [1.807, 2.05) is 0 Å². The van der Waals surface area contributed by atoms with Gasteiger partial charge in [0.05, 0.1) is 12.1 Å². The van der Waals surface area contributed by atoms with Crippen molar-refractivity contribution in [2.75, 3.05) is 13.6 Å². The average Bonchev–Trinajstić information content (AvgIpc) is 3.12. The van der Waals surface area contributed by atoms with E-state index in [4.69, 9.17) is 0 Å². The van der Waals surface area contributed by atoms with Crippen molar-refractivity contribution in [2.45, 2.75) is 36.1 Å². The molecule has 1 N–H and O–H groups in total. The molecule has 6 nitrogen and oxygen atoms in total. The van der Waals surface area contributed by atoms with Gasteiger partial charge in [0, 0.05) is 19.4 Å². The van der Waals surface area contributed by atoms with Crippen LogP contribution in [0.4, 0.5) is 4.39 Å². The smallest absolute Gasteiger partial charge is 0.244 e. The molecule has 1 aromatic carbocycles. The number of benzene rings is 1. The predicted molar refractivity (Wildman–Crippen MR) is 98.7 cm³/mol. The molecule has 0 saturated heterocycles. The van der Waals surface area contributed by atoms with E-state index in [0.29, 0.717) is 0 Å².